The molecule has 0 bridgehead atoms. The Morgan fingerprint density at radius 2 is 2.09 bits per heavy atom. The third-order valence-corrected chi connectivity index (χ3v) is 4.57. The highest BCUT2D eigenvalue weighted by Crippen LogP contribution is 2.27. The van der Waals surface area contributed by atoms with E-state index in [-0.39, 0.29) is 6.61 Å². The van der Waals surface area contributed by atoms with Gasteiger partial charge in [-0.25, -0.2) is 0 Å². The molecular weight excluding hydrogens is 318 g/mol. The number of nitrogens with two attached hydrogens (primary N) is 1. The van der Waals surface area contributed by atoms with Crippen molar-refractivity contribution in [1.82, 2.24) is 9.80 Å². The molecule has 7 heteroatoms. The van der Waals surface area contributed by atoms with E-state index in [1.807, 2.05) is 12.1 Å². The number of morpholine rings is 1. The Morgan fingerprint density at radius 1 is 1.35 bits per heavy atom. The summed E-state index contributed by atoms with van der Waals surface area (Å²) in [6.45, 7) is 6.64. The van der Waals surface area contributed by atoms with Gasteiger partial charge in [-0.3, -0.25) is 14.6 Å². The summed E-state index contributed by atoms with van der Waals surface area (Å²) >= 11 is 6.19. The lowest BCUT2D eigenvalue weighted by Gasteiger charge is -2.46. The van der Waals surface area contributed by atoms with Crippen LogP contribution in [0.5, 0.6) is 5.75 Å². The van der Waals surface area contributed by atoms with E-state index in [0.717, 1.165) is 51.5 Å². The predicted octanol–water partition coefficient (Wildman–Crippen LogP) is 0.721. The number of rotatable bonds is 6. The Bertz CT molecular complexity index is 558. The second-order valence-corrected chi connectivity index (χ2v) is 6.42. The second kappa shape index (κ2) is 7.49. The second-order valence-electron chi connectivity index (χ2n) is 6.02. The first-order valence-electron chi connectivity index (χ1n) is 7.85. The lowest BCUT2D eigenvalue weighted by Crippen LogP contribution is -2.60. The van der Waals surface area contributed by atoms with Gasteiger partial charge in [-0.05, 0) is 17.7 Å². The molecule has 0 aliphatic carbocycles. The normalized spacial score (nSPS) is 20.2. The Balaban J connectivity index is 1.47. The van der Waals surface area contributed by atoms with Crippen LogP contribution in [0.25, 0.3) is 0 Å². The molecular formula is C16H22ClN3O3. The smallest absolute Gasteiger partial charge is 0.255 e. The summed E-state index contributed by atoms with van der Waals surface area (Å²) < 4.78 is 10.6. The van der Waals surface area contributed by atoms with Crippen LogP contribution in [0.2, 0.25) is 5.02 Å². The summed E-state index contributed by atoms with van der Waals surface area (Å²) in [5.41, 5.74) is 6.20. The number of hydrogen-bond donors (Lipinski definition) is 1. The van der Waals surface area contributed by atoms with Gasteiger partial charge >= 0.3 is 0 Å². The Hall–Kier alpha value is -1.34. The maximum absolute atomic E-state index is 10.7. The molecule has 1 amide bonds. The third kappa shape index (κ3) is 4.35. The van der Waals surface area contributed by atoms with Crippen LogP contribution in [0.4, 0.5) is 0 Å². The quantitative estimate of drug-likeness (QED) is 0.827. The lowest BCUT2D eigenvalue weighted by atomic mass is 10.0. The van der Waals surface area contributed by atoms with Crippen LogP contribution >= 0.6 is 11.6 Å². The number of ether oxygens (including phenoxy) is 2. The van der Waals surface area contributed by atoms with E-state index < -0.39 is 5.91 Å². The molecule has 0 aromatic heterocycles. The minimum absolute atomic E-state index is 0.160. The van der Waals surface area contributed by atoms with Crippen molar-refractivity contribution < 1.29 is 14.3 Å². The topological polar surface area (TPSA) is 68.0 Å². The maximum atomic E-state index is 10.7. The number of hydrogen-bond acceptors (Lipinski definition) is 5. The van der Waals surface area contributed by atoms with Crippen molar-refractivity contribution in [1.29, 1.82) is 0 Å². The standard InChI is InChI=1S/C16H22ClN3O3/c17-14-7-12(1-2-15(14)23-11-16(18)21)8-19-9-13(10-19)20-3-5-22-6-4-20/h1-2,7,13H,3-6,8-11H2,(H2,18,21). The molecule has 1 aromatic rings. The number of amides is 1. The highest BCUT2D eigenvalue weighted by Gasteiger charge is 2.32. The summed E-state index contributed by atoms with van der Waals surface area (Å²) in [6.07, 6.45) is 0. The summed E-state index contributed by atoms with van der Waals surface area (Å²) in [6, 6.07) is 6.30. The molecule has 2 fully saturated rings. The van der Waals surface area contributed by atoms with Crippen molar-refractivity contribution in [3.8, 4) is 5.75 Å². The van der Waals surface area contributed by atoms with Gasteiger partial charge in [0.1, 0.15) is 5.75 Å². The van der Waals surface area contributed by atoms with Crippen molar-refractivity contribution >= 4 is 17.5 Å². The lowest BCUT2D eigenvalue weighted by molar-refractivity contribution is -0.119. The zero-order chi connectivity index (χ0) is 16.2. The summed E-state index contributed by atoms with van der Waals surface area (Å²) in [4.78, 5) is 15.6. The number of benzene rings is 1. The molecule has 2 N–H and O–H groups in total. The molecule has 1 aromatic carbocycles. The third-order valence-electron chi connectivity index (χ3n) is 4.27. The average molecular weight is 340 g/mol. The highest BCUT2D eigenvalue weighted by atomic mass is 35.5. The van der Waals surface area contributed by atoms with Gasteiger partial charge in [0, 0.05) is 38.8 Å². The first kappa shape index (κ1) is 16.5. The zero-order valence-electron chi connectivity index (χ0n) is 13.0. The summed E-state index contributed by atoms with van der Waals surface area (Å²) in [7, 11) is 0. The Morgan fingerprint density at radius 3 is 2.74 bits per heavy atom. The number of primary amides is 1. The Labute approximate surface area is 141 Å². The van der Waals surface area contributed by atoms with Gasteiger partial charge in [0.25, 0.3) is 5.91 Å². The minimum atomic E-state index is -0.514. The molecule has 23 heavy (non-hydrogen) atoms. The van der Waals surface area contributed by atoms with E-state index in [0.29, 0.717) is 16.8 Å². The first-order chi connectivity index (χ1) is 11.1. The fraction of sp³-hybridized carbons (Fsp3) is 0.562. The van der Waals surface area contributed by atoms with Gasteiger partial charge in [-0.15, -0.1) is 0 Å². The van der Waals surface area contributed by atoms with Crippen molar-refractivity contribution in [2.75, 3.05) is 46.0 Å². The summed E-state index contributed by atoms with van der Waals surface area (Å²) in [5.74, 6) is -0.0242. The number of halogens is 1. The van der Waals surface area contributed by atoms with Gasteiger partial charge in [-0.2, -0.15) is 0 Å². The molecule has 2 aliphatic heterocycles. The molecule has 0 unspecified atom stereocenters. The first-order valence-corrected chi connectivity index (χ1v) is 8.23. The van der Waals surface area contributed by atoms with Crippen LogP contribution in [0.3, 0.4) is 0 Å². The molecule has 3 rings (SSSR count). The van der Waals surface area contributed by atoms with Crippen LogP contribution in [-0.2, 0) is 16.1 Å². The van der Waals surface area contributed by atoms with E-state index in [1.165, 1.54) is 0 Å². The predicted molar refractivity (Wildman–Crippen MR) is 87.6 cm³/mol. The molecule has 6 nitrogen and oxygen atoms in total. The fourth-order valence-corrected chi connectivity index (χ4v) is 3.27. The number of carbonyl (C=O) groups excluding carboxylic acids is 1. The van der Waals surface area contributed by atoms with Crippen molar-refractivity contribution in [3.63, 3.8) is 0 Å². The fourth-order valence-electron chi connectivity index (χ4n) is 3.01. The maximum Gasteiger partial charge on any atom is 0.255 e. The molecule has 0 spiro atoms. The zero-order valence-corrected chi connectivity index (χ0v) is 13.8. The van der Waals surface area contributed by atoms with E-state index in [9.17, 15) is 4.79 Å². The van der Waals surface area contributed by atoms with Crippen LogP contribution in [-0.4, -0.2) is 67.7 Å². The van der Waals surface area contributed by atoms with E-state index in [2.05, 4.69) is 9.80 Å². The van der Waals surface area contributed by atoms with Crippen LogP contribution in [0.1, 0.15) is 5.56 Å². The molecule has 0 atom stereocenters. The van der Waals surface area contributed by atoms with E-state index in [4.69, 9.17) is 26.8 Å². The van der Waals surface area contributed by atoms with Crippen molar-refractivity contribution in [2.24, 2.45) is 5.73 Å². The molecule has 2 heterocycles. The van der Waals surface area contributed by atoms with Gasteiger partial charge in [0.05, 0.1) is 18.2 Å². The molecule has 0 radical (unpaired) electrons. The van der Waals surface area contributed by atoms with Crippen molar-refractivity contribution in [3.05, 3.63) is 28.8 Å². The van der Waals surface area contributed by atoms with Gasteiger partial charge in [-0.1, -0.05) is 17.7 Å². The van der Waals surface area contributed by atoms with E-state index in [1.54, 1.807) is 6.07 Å². The molecule has 2 aliphatic rings. The number of likely N-dealkylation sites (tertiary alicyclic amines) is 1. The highest BCUT2D eigenvalue weighted by molar-refractivity contribution is 6.32. The summed E-state index contributed by atoms with van der Waals surface area (Å²) in [5, 5.41) is 0.508. The van der Waals surface area contributed by atoms with Crippen LogP contribution in [0.15, 0.2) is 18.2 Å². The van der Waals surface area contributed by atoms with Gasteiger partial charge in [0.15, 0.2) is 6.61 Å². The molecule has 126 valence electrons. The van der Waals surface area contributed by atoms with Crippen LogP contribution < -0.4 is 10.5 Å². The van der Waals surface area contributed by atoms with E-state index >= 15 is 0 Å². The number of nitrogens with zero attached hydrogens (tertiary/aromatic N) is 2. The monoisotopic (exact) mass is 339 g/mol. The average Bonchev–Trinajstić information content (AvgIpc) is 2.50. The van der Waals surface area contributed by atoms with Crippen molar-refractivity contribution in [2.45, 2.75) is 12.6 Å². The molecule has 2 saturated heterocycles. The minimum Gasteiger partial charge on any atom is -0.482 e. The largest absolute Gasteiger partial charge is 0.482 e. The molecule has 0 saturated carbocycles. The SMILES string of the molecule is NC(=O)COc1ccc(CN2CC(N3CCOCC3)C2)cc1Cl. The number of carbonyl (C=O) groups is 1. The van der Waals surface area contributed by atoms with Gasteiger partial charge < -0.3 is 15.2 Å². The van der Waals surface area contributed by atoms with Crippen LogP contribution in [0, 0.1) is 0 Å². The Kier molecular flexibility index (Phi) is 5.38. The van der Waals surface area contributed by atoms with Gasteiger partial charge in [0.2, 0.25) is 0 Å².